The van der Waals surface area contributed by atoms with Crippen molar-refractivity contribution in [1.29, 1.82) is 5.41 Å². The molecule has 8 N–H and O–H groups in total. The number of carbonyl (C=O) groups excluding carboxylic acids is 4. The van der Waals surface area contributed by atoms with Crippen LogP contribution in [0, 0.1) is 11.3 Å². The van der Waals surface area contributed by atoms with Crippen molar-refractivity contribution in [2.45, 2.75) is 39.3 Å². The van der Waals surface area contributed by atoms with E-state index in [0.29, 0.717) is 17.8 Å². The van der Waals surface area contributed by atoms with Gasteiger partial charge in [-0.25, -0.2) is 9.59 Å². The fourth-order valence-electron chi connectivity index (χ4n) is 2.81. The summed E-state index contributed by atoms with van der Waals surface area (Å²) in [4.78, 5) is 60.4. The van der Waals surface area contributed by atoms with Gasteiger partial charge >= 0.3 is 17.9 Å². The van der Waals surface area contributed by atoms with Crippen molar-refractivity contribution in [3.63, 3.8) is 0 Å². The van der Waals surface area contributed by atoms with E-state index in [1.54, 1.807) is 45.0 Å². The highest BCUT2D eigenvalue weighted by atomic mass is 16.6. The van der Waals surface area contributed by atoms with Gasteiger partial charge in [-0.15, -0.1) is 0 Å². The maximum atomic E-state index is 12.7. The number of guanidine groups is 1. The first-order chi connectivity index (χ1) is 16.9. The molecule has 0 bridgehead atoms. The minimum atomic E-state index is -1.43. The molecule has 13 nitrogen and oxygen atoms in total. The maximum absolute atomic E-state index is 12.7. The first-order valence-corrected chi connectivity index (χ1v) is 11.1. The number of amides is 2. The van der Waals surface area contributed by atoms with Gasteiger partial charge in [0.15, 0.2) is 5.96 Å². The van der Waals surface area contributed by atoms with E-state index in [4.69, 9.17) is 21.0 Å². The maximum Gasteiger partial charge on any atom is 0.338 e. The zero-order valence-corrected chi connectivity index (χ0v) is 20.3. The summed E-state index contributed by atoms with van der Waals surface area (Å²) in [6.07, 6.45) is 1.73. The van der Waals surface area contributed by atoms with Crippen molar-refractivity contribution in [2.75, 3.05) is 18.4 Å². The molecule has 2 amide bonds. The highest BCUT2D eigenvalue weighted by Gasteiger charge is 2.31. The molecule has 0 saturated heterocycles. The molecule has 13 heteroatoms. The molecule has 1 aromatic carbocycles. The highest BCUT2D eigenvalue weighted by molar-refractivity contribution is 5.99. The number of esters is 2. The van der Waals surface area contributed by atoms with Crippen LogP contribution in [0.3, 0.4) is 0 Å². The van der Waals surface area contributed by atoms with Gasteiger partial charge in [0, 0.05) is 11.8 Å². The largest absolute Gasteiger partial charge is 0.481 e. The number of hydrogen-bond donors (Lipinski definition) is 7. The second-order valence-electron chi connectivity index (χ2n) is 7.96. The van der Waals surface area contributed by atoms with Gasteiger partial charge < -0.3 is 36.8 Å². The summed E-state index contributed by atoms with van der Waals surface area (Å²) >= 11 is 0. The van der Waals surface area contributed by atoms with Gasteiger partial charge in [-0.3, -0.25) is 19.8 Å². The molecule has 0 spiro atoms. The molecule has 0 fully saturated rings. The van der Waals surface area contributed by atoms with Crippen LogP contribution in [0.25, 0.3) is 6.08 Å². The fraction of sp³-hybridized carbons (Fsp3) is 0.391. The number of likely N-dealkylation sites (N-methyl/N-ethyl adjacent to an activating group) is 1. The molecule has 0 aliphatic carbocycles. The van der Waals surface area contributed by atoms with Gasteiger partial charge in [-0.2, -0.15) is 0 Å². The van der Waals surface area contributed by atoms with Crippen molar-refractivity contribution < 1.29 is 33.8 Å². The predicted molar refractivity (Wildman–Crippen MR) is 132 cm³/mol. The Bertz CT molecular complexity index is 991. The number of carboxylic acid groups (broad SMARTS) is 1. The first-order valence-electron chi connectivity index (χ1n) is 11.1. The number of carboxylic acids is 1. The molecular formula is C23H32N6O7. The van der Waals surface area contributed by atoms with Crippen LogP contribution < -0.4 is 27.0 Å². The summed E-state index contributed by atoms with van der Waals surface area (Å²) in [6, 6.07) is 3.84. The Morgan fingerprint density at radius 2 is 1.75 bits per heavy atom. The smallest absolute Gasteiger partial charge is 0.338 e. The van der Waals surface area contributed by atoms with Crippen LogP contribution in [-0.2, 0) is 28.7 Å². The Labute approximate surface area is 208 Å². The lowest BCUT2D eigenvalue weighted by Crippen LogP contribution is -2.55. The molecule has 1 aromatic rings. The molecule has 2 atom stereocenters. The van der Waals surface area contributed by atoms with E-state index in [-0.39, 0.29) is 12.5 Å². The third-order valence-electron chi connectivity index (χ3n) is 4.59. The summed E-state index contributed by atoms with van der Waals surface area (Å²) < 4.78 is 4.82. The molecule has 0 aromatic heterocycles. The predicted octanol–water partition coefficient (Wildman–Crippen LogP) is -0.215. The third-order valence-corrected chi connectivity index (χ3v) is 4.59. The average molecular weight is 505 g/mol. The number of benzene rings is 1. The van der Waals surface area contributed by atoms with E-state index in [2.05, 4.69) is 21.3 Å². The van der Waals surface area contributed by atoms with E-state index < -0.39 is 54.1 Å². The number of aliphatic carboxylic acids is 1. The van der Waals surface area contributed by atoms with Crippen LogP contribution in [0.15, 0.2) is 30.3 Å². The number of carbonyl (C=O) groups is 5. The number of nitrogens with two attached hydrogens (primary N) is 1. The van der Waals surface area contributed by atoms with Gasteiger partial charge in [0.2, 0.25) is 11.8 Å². The van der Waals surface area contributed by atoms with Crippen LogP contribution in [0.5, 0.6) is 0 Å². The van der Waals surface area contributed by atoms with Gasteiger partial charge in [-0.1, -0.05) is 32.9 Å². The number of hydrogen-bond acceptors (Lipinski definition) is 8. The molecular weight excluding hydrogens is 472 g/mol. The Hall–Kier alpha value is -4.26. The first kappa shape index (κ1) is 29.8. The van der Waals surface area contributed by atoms with Gasteiger partial charge in [0.25, 0.3) is 0 Å². The summed E-state index contributed by atoms with van der Waals surface area (Å²) in [5.74, 6) is -5.57. The molecule has 0 unspecified atom stereocenters. The van der Waals surface area contributed by atoms with E-state index in [9.17, 15) is 24.0 Å². The molecule has 36 heavy (non-hydrogen) atoms. The lowest BCUT2D eigenvalue weighted by atomic mass is 10.0. The molecule has 0 saturated carbocycles. The molecule has 196 valence electrons. The van der Waals surface area contributed by atoms with Crippen molar-refractivity contribution in [3.8, 4) is 0 Å². The SMILES string of the molecule is CCNCC(=O)N[C@@H](CC(=O)O)C(=O)N[C@H](C(=O)OC(=O)C=Cc1ccc(NC(=N)N)cc1)C(C)C. The van der Waals surface area contributed by atoms with Gasteiger partial charge in [0.05, 0.1) is 13.0 Å². The van der Waals surface area contributed by atoms with E-state index >= 15 is 0 Å². The van der Waals surface area contributed by atoms with Crippen molar-refractivity contribution in [1.82, 2.24) is 16.0 Å². The number of nitrogens with one attached hydrogen (secondary N) is 5. The number of rotatable bonds is 13. The molecule has 0 aliphatic rings. The zero-order valence-electron chi connectivity index (χ0n) is 20.3. The van der Waals surface area contributed by atoms with Gasteiger partial charge in [0.1, 0.15) is 12.1 Å². The van der Waals surface area contributed by atoms with Crippen LogP contribution >= 0.6 is 0 Å². The van der Waals surface area contributed by atoms with Crippen LogP contribution in [0.4, 0.5) is 5.69 Å². The van der Waals surface area contributed by atoms with Crippen LogP contribution in [-0.4, -0.2) is 66.0 Å². The van der Waals surface area contributed by atoms with Crippen molar-refractivity contribution in [2.24, 2.45) is 11.7 Å². The number of ether oxygens (including phenoxy) is 1. The zero-order chi connectivity index (χ0) is 27.3. The van der Waals surface area contributed by atoms with Crippen molar-refractivity contribution >= 4 is 47.4 Å². The Kier molecular flexibility index (Phi) is 12.3. The second kappa shape index (κ2) is 14.9. The van der Waals surface area contributed by atoms with Crippen LogP contribution in [0.1, 0.15) is 32.8 Å². The molecule has 1 rings (SSSR count). The standard InChI is InChI=1S/C23H32N6O7/c1-4-26-12-17(30)28-16(11-18(31)32)21(34)29-20(13(2)3)22(35)36-19(33)10-7-14-5-8-15(9-6-14)27-23(24)25/h5-10,13,16,20,26H,4,11-12H2,1-3H3,(H,28,30)(H,29,34)(H,31,32)(H4,24,25,27)/t16-,20-/m0/s1. The third kappa shape index (κ3) is 11.2. The average Bonchev–Trinajstić information content (AvgIpc) is 2.79. The topological polar surface area (TPSA) is 213 Å². The summed E-state index contributed by atoms with van der Waals surface area (Å²) in [5.41, 5.74) is 6.43. The van der Waals surface area contributed by atoms with Crippen LogP contribution in [0.2, 0.25) is 0 Å². The monoisotopic (exact) mass is 504 g/mol. The molecule has 0 radical (unpaired) electrons. The summed E-state index contributed by atoms with van der Waals surface area (Å²) in [7, 11) is 0. The number of anilines is 1. The second-order valence-corrected chi connectivity index (χ2v) is 7.96. The lowest BCUT2D eigenvalue weighted by molar-refractivity contribution is -0.159. The van der Waals surface area contributed by atoms with Gasteiger partial charge in [-0.05, 0) is 36.2 Å². The quantitative estimate of drug-likeness (QED) is 0.0617. The fourth-order valence-corrected chi connectivity index (χ4v) is 2.81. The minimum absolute atomic E-state index is 0.119. The van der Waals surface area contributed by atoms with E-state index in [0.717, 1.165) is 6.08 Å². The van der Waals surface area contributed by atoms with Crippen molar-refractivity contribution in [3.05, 3.63) is 35.9 Å². The Morgan fingerprint density at radius 3 is 2.28 bits per heavy atom. The lowest BCUT2D eigenvalue weighted by Gasteiger charge is -2.23. The Morgan fingerprint density at radius 1 is 1.11 bits per heavy atom. The molecule has 0 aliphatic heterocycles. The summed E-state index contributed by atoms with van der Waals surface area (Å²) in [6.45, 7) is 5.34. The summed E-state index contributed by atoms with van der Waals surface area (Å²) in [5, 5.41) is 26.3. The minimum Gasteiger partial charge on any atom is -0.481 e. The highest BCUT2D eigenvalue weighted by Crippen LogP contribution is 2.11. The Balaban J connectivity index is 2.81. The molecule has 0 heterocycles. The van der Waals surface area contributed by atoms with E-state index in [1.807, 2.05) is 0 Å². The normalized spacial score (nSPS) is 12.4. The van der Waals surface area contributed by atoms with E-state index in [1.165, 1.54) is 6.08 Å².